The van der Waals surface area contributed by atoms with Gasteiger partial charge in [0.15, 0.2) is 0 Å². The number of nitrogens with one attached hydrogen (secondary N) is 1. The smallest absolute Gasteiger partial charge is 0.141 e. The Labute approximate surface area is 79.4 Å². The minimum absolute atomic E-state index is 0.312. The van der Waals surface area contributed by atoms with E-state index in [1.54, 1.807) is 18.2 Å². The third-order valence-electron chi connectivity index (χ3n) is 1.67. The molecule has 0 amide bonds. The molecule has 0 unspecified atom stereocenters. The molecule has 13 heavy (non-hydrogen) atoms. The zero-order chi connectivity index (χ0) is 9.26. The lowest BCUT2D eigenvalue weighted by Crippen LogP contribution is -1.84. The largest absolute Gasteiger partial charge is 0.329 e. The van der Waals surface area contributed by atoms with E-state index in [1.165, 1.54) is 12.3 Å². The van der Waals surface area contributed by atoms with Crippen LogP contribution < -0.4 is 0 Å². The van der Waals surface area contributed by atoms with E-state index in [2.05, 4.69) is 9.97 Å². The summed E-state index contributed by atoms with van der Waals surface area (Å²) in [6.07, 6.45) is 1.45. The molecule has 0 saturated heterocycles. The van der Waals surface area contributed by atoms with Crippen molar-refractivity contribution in [2.75, 3.05) is 0 Å². The first kappa shape index (κ1) is 8.26. The van der Waals surface area contributed by atoms with Crippen molar-refractivity contribution in [2.24, 2.45) is 0 Å². The van der Waals surface area contributed by atoms with Crippen molar-refractivity contribution in [1.29, 1.82) is 0 Å². The van der Waals surface area contributed by atoms with E-state index in [-0.39, 0.29) is 5.82 Å². The molecule has 1 N–H and O–H groups in total. The molecule has 0 radical (unpaired) electrons. The van der Waals surface area contributed by atoms with Crippen LogP contribution in [0.1, 0.15) is 0 Å². The van der Waals surface area contributed by atoms with Crippen LogP contribution in [0.3, 0.4) is 0 Å². The maximum absolute atomic E-state index is 13.2. The van der Waals surface area contributed by atoms with Crippen LogP contribution in [0.2, 0.25) is 5.15 Å². The van der Waals surface area contributed by atoms with Crippen LogP contribution in [0, 0.1) is 5.82 Å². The number of rotatable bonds is 1. The van der Waals surface area contributed by atoms with Crippen LogP contribution in [0.15, 0.2) is 30.5 Å². The summed E-state index contributed by atoms with van der Waals surface area (Å²) in [7, 11) is 0. The standard InChI is InChI=1S/C9H6ClFN2/c10-8-5-12-9(13-8)6-3-1-2-4-7(6)11/h1-5H,(H,12,13). The van der Waals surface area contributed by atoms with Gasteiger partial charge in [0.1, 0.15) is 16.8 Å². The number of hydrogen-bond donors (Lipinski definition) is 1. The highest BCUT2D eigenvalue weighted by atomic mass is 35.5. The van der Waals surface area contributed by atoms with E-state index in [0.29, 0.717) is 16.5 Å². The summed E-state index contributed by atoms with van der Waals surface area (Å²) in [6, 6.07) is 6.40. The second-order valence-corrected chi connectivity index (χ2v) is 2.97. The normalized spacial score (nSPS) is 10.3. The molecule has 0 bridgehead atoms. The van der Waals surface area contributed by atoms with Gasteiger partial charge in [0.05, 0.1) is 11.8 Å². The fourth-order valence-corrected chi connectivity index (χ4v) is 1.23. The van der Waals surface area contributed by atoms with Crippen molar-refractivity contribution in [3.63, 3.8) is 0 Å². The predicted octanol–water partition coefficient (Wildman–Crippen LogP) is 2.87. The first-order valence-electron chi connectivity index (χ1n) is 3.73. The number of hydrogen-bond acceptors (Lipinski definition) is 1. The van der Waals surface area contributed by atoms with Crippen LogP contribution in [0.4, 0.5) is 4.39 Å². The Kier molecular flexibility index (Phi) is 2.02. The highest BCUT2D eigenvalue weighted by molar-refractivity contribution is 6.29. The second kappa shape index (κ2) is 3.18. The molecule has 66 valence electrons. The number of H-pyrrole nitrogens is 1. The molecule has 2 nitrogen and oxygen atoms in total. The molecule has 1 aromatic carbocycles. The lowest BCUT2D eigenvalue weighted by atomic mass is 10.2. The summed E-state index contributed by atoms with van der Waals surface area (Å²) in [5.41, 5.74) is 0.425. The zero-order valence-electron chi connectivity index (χ0n) is 6.59. The summed E-state index contributed by atoms with van der Waals surface area (Å²) in [4.78, 5) is 6.67. The monoisotopic (exact) mass is 196 g/mol. The lowest BCUT2D eigenvalue weighted by Gasteiger charge is -1.96. The van der Waals surface area contributed by atoms with Gasteiger partial charge in [-0.15, -0.1) is 0 Å². The SMILES string of the molecule is Fc1ccccc1-c1ncc(Cl)[nH]1. The van der Waals surface area contributed by atoms with Gasteiger partial charge in [0.25, 0.3) is 0 Å². The van der Waals surface area contributed by atoms with Gasteiger partial charge in [-0.05, 0) is 12.1 Å². The topological polar surface area (TPSA) is 28.7 Å². The van der Waals surface area contributed by atoms with Crippen LogP contribution in [0.5, 0.6) is 0 Å². The molecular weight excluding hydrogens is 191 g/mol. The average molecular weight is 197 g/mol. The molecule has 0 saturated carbocycles. The van der Waals surface area contributed by atoms with Crippen LogP contribution in [-0.4, -0.2) is 9.97 Å². The summed E-state index contributed by atoms with van der Waals surface area (Å²) in [6.45, 7) is 0. The molecule has 0 atom stereocenters. The number of aromatic nitrogens is 2. The van der Waals surface area contributed by atoms with Crippen LogP contribution >= 0.6 is 11.6 Å². The Morgan fingerprint density at radius 1 is 1.31 bits per heavy atom. The van der Waals surface area contributed by atoms with Crippen molar-refractivity contribution in [3.05, 3.63) is 41.4 Å². The van der Waals surface area contributed by atoms with Gasteiger partial charge in [-0.25, -0.2) is 9.37 Å². The van der Waals surface area contributed by atoms with E-state index >= 15 is 0 Å². The van der Waals surface area contributed by atoms with Crippen molar-refractivity contribution in [1.82, 2.24) is 9.97 Å². The van der Waals surface area contributed by atoms with Crippen LogP contribution in [0.25, 0.3) is 11.4 Å². The Morgan fingerprint density at radius 2 is 2.08 bits per heavy atom. The average Bonchev–Trinajstić information content (AvgIpc) is 2.53. The molecule has 0 aliphatic rings. The molecule has 1 aromatic heterocycles. The number of nitrogens with zero attached hydrogens (tertiary/aromatic N) is 1. The minimum atomic E-state index is -0.312. The first-order valence-corrected chi connectivity index (χ1v) is 4.10. The minimum Gasteiger partial charge on any atom is -0.329 e. The van der Waals surface area contributed by atoms with E-state index < -0.39 is 0 Å². The third kappa shape index (κ3) is 1.55. The van der Waals surface area contributed by atoms with Crippen molar-refractivity contribution < 1.29 is 4.39 Å². The molecule has 2 rings (SSSR count). The van der Waals surface area contributed by atoms with Gasteiger partial charge in [-0.3, -0.25) is 0 Å². The predicted molar refractivity (Wildman–Crippen MR) is 49.0 cm³/mol. The lowest BCUT2D eigenvalue weighted by molar-refractivity contribution is 0.630. The molecule has 0 fully saturated rings. The summed E-state index contributed by atoms with van der Waals surface area (Å²) < 4.78 is 13.2. The molecule has 0 aliphatic carbocycles. The van der Waals surface area contributed by atoms with Gasteiger partial charge in [-0.1, -0.05) is 23.7 Å². The molecule has 1 heterocycles. The fraction of sp³-hybridized carbons (Fsp3) is 0. The maximum Gasteiger partial charge on any atom is 0.141 e. The number of imidazole rings is 1. The van der Waals surface area contributed by atoms with Crippen molar-refractivity contribution in [2.45, 2.75) is 0 Å². The van der Waals surface area contributed by atoms with Gasteiger partial charge >= 0.3 is 0 Å². The van der Waals surface area contributed by atoms with E-state index in [1.807, 2.05) is 0 Å². The van der Waals surface area contributed by atoms with Gasteiger partial charge in [0, 0.05) is 0 Å². The van der Waals surface area contributed by atoms with Crippen molar-refractivity contribution in [3.8, 4) is 11.4 Å². The Morgan fingerprint density at radius 3 is 2.69 bits per heavy atom. The summed E-state index contributed by atoms with van der Waals surface area (Å²) in [5, 5.41) is 0.401. The van der Waals surface area contributed by atoms with Gasteiger partial charge < -0.3 is 4.98 Å². The summed E-state index contributed by atoms with van der Waals surface area (Å²) >= 11 is 5.62. The molecule has 0 spiro atoms. The Bertz CT molecular complexity index is 425. The van der Waals surface area contributed by atoms with Crippen LogP contribution in [-0.2, 0) is 0 Å². The number of halogens is 2. The third-order valence-corrected chi connectivity index (χ3v) is 1.87. The first-order chi connectivity index (χ1) is 6.27. The molecule has 4 heteroatoms. The molecule has 2 aromatic rings. The molecule has 0 aliphatic heterocycles. The number of benzene rings is 1. The maximum atomic E-state index is 13.2. The van der Waals surface area contributed by atoms with Crippen molar-refractivity contribution >= 4 is 11.6 Å². The highest BCUT2D eigenvalue weighted by Crippen LogP contribution is 2.20. The Hall–Kier alpha value is -1.35. The van der Waals surface area contributed by atoms with E-state index in [0.717, 1.165) is 0 Å². The quantitative estimate of drug-likeness (QED) is 0.747. The summed E-state index contributed by atoms with van der Waals surface area (Å²) in [5.74, 6) is 0.136. The van der Waals surface area contributed by atoms with E-state index in [4.69, 9.17) is 11.6 Å². The Balaban J connectivity index is 2.52. The fourth-order valence-electron chi connectivity index (χ4n) is 1.09. The van der Waals surface area contributed by atoms with E-state index in [9.17, 15) is 4.39 Å². The number of aromatic amines is 1. The van der Waals surface area contributed by atoms with Gasteiger partial charge in [0.2, 0.25) is 0 Å². The van der Waals surface area contributed by atoms with Gasteiger partial charge in [-0.2, -0.15) is 0 Å². The zero-order valence-corrected chi connectivity index (χ0v) is 7.35. The highest BCUT2D eigenvalue weighted by Gasteiger charge is 2.06. The second-order valence-electron chi connectivity index (χ2n) is 2.56. The molecular formula is C9H6ClFN2.